The first kappa shape index (κ1) is 17.1. The fourth-order valence-corrected chi connectivity index (χ4v) is 2.36. The Morgan fingerprint density at radius 1 is 0.947 bits per heavy atom. The van der Waals surface area contributed by atoms with Gasteiger partial charge in [-0.15, -0.1) is 11.6 Å². The quantitative estimate of drug-likeness (QED) is 0.614. The van der Waals surface area contributed by atoms with Crippen molar-refractivity contribution in [1.29, 1.82) is 0 Å². The molecule has 0 N–H and O–H groups in total. The Kier molecular flexibility index (Phi) is 8.17. The Balaban J connectivity index is 2.82. The maximum atomic E-state index is 5.83. The topological polar surface area (TPSA) is 55.4 Å². The van der Waals surface area contributed by atoms with E-state index in [1.165, 1.54) is 0 Å². The second kappa shape index (κ2) is 9.07. The van der Waals surface area contributed by atoms with Crippen molar-refractivity contribution in [2.24, 2.45) is 0 Å². The lowest BCUT2D eigenvalue weighted by atomic mass is 9.98. The summed E-state index contributed by atoms with van der Waals surface area (Å²) < 4.78 is 32.9. The van der Waals surface area contributed by atoms with Gasteiger partial charge in [0.15, 0.2) is 6.29 Å². The van der Waals surface area contributed by atoms with E-state index < -0.39 is 6.29 Å². The van der Waals surface area contributed by atoms with Gasteiger partial charge in [0.05, 0.1) is 13.2 Å². The third kappa shape index (κ3) is 4.26. The number of halogens is 1. The van der Waals surface area contributed by atoms with Gasteiger partial charge in [-0.25, -0.2) is 0 Å². The van der Waals surface area contributed by atoms with Crippen LogP contribution in [0.5, 0.6) is 0 Å². The molecule has 0 aromatic heterocycles. The standard InChI is InChI=1S/C12H23ClO6/c1-14-7-8-9(15-2)10(16-3)11(17-4)12(19-8)18-6-5-13/h8-12H,5-7H2,1-4H3/t8-,9-,10+,11+,12-/m1/s1. The molecular weight excluding hydrogens is 276 g/mol. The maximum Gasteiger partial charge on any atom is 0.186 e. The molecule has 5 atom stereocenters. The number of methoxy groups -OCH3 is 4. The monoisotopic (exact) mass is 298 g/mol. The first-order chi connectivity index (χ1) is 9.23. The molecule has 1 aliphatic heterocycles. The molecule has 1 saturated heterocycles. The van der Waals surface area contributed by atoms with Gasteiger partial charge in [-0.2, -0.15) is 0 Å². The highest BCUT2D eigenvalue weighted by Gasteiger charge is 2.47. The third-order valence-corrected chi connectivity index (χ3v) is 3.25. The molecule has 0 aromatic carbocycles. The Hall–Kier alpha value is 0.0500. The molecule has 0 radical (unpaired) electrons. The fraction of sp³-hybridized carbons (Fsp3) is 1.00. The van der Waals surface area contributed by atoms with Gasteiger partial charge in [-0.1, -0.05) is 0 Å². The molecule has 0 bridgehead atoms. The third-order valence-electron chi connectivity index (χ3n) is 3.10. The van der Waals surface area contributed by atoms with Crippen LogP contribution in [0, 0.1) is 0 Å². The molecule has 19 heavy (non-hydrogen) atoms. The average Bonchev–Trinajstić information content (AvgIpc) is 2.44. The highest BCUT2D eigenvalue weighted by Crippen LogP contribution is 2.27. The van der Waals surface area contributed by atoms with Gasteiger partial charge in [0.1, 0.15) is 24.4 Å². The Morgan fingerprint density at radius 3 is 2.05 bits per heavy atom. The molecule has 114 valence electrons. The van der Waals surface area contributed by atoms with Crippen LogP contribution in [0.4, 0.5) is 0 Å². The zero-order valence-corrected chi connectivity index (χ0v) is 12.6. The molecule has 0 aliphatic carbocycles. The van der Waals surface area contributed by atoms with E-state index in [2.05, 4.69) is 0 Å². The van der Waals surface area contributed by atoms with E-state index in [-0.39, 0.29) is 24.4 Å². The predicted octanol–water partition coefficient (Wildman–Crippen LogP) is 0.658. The number of hydrogen-bond acceptors (Lipinski definition) is 6. The minimum absolute atomic E-state index is 0.285. The number of hydrogen-bond donors (Lipinski definition) is 0. The van der Waals surface area contributed by atoms with Crippen molar-refractivity contribution in [1.82, 2.24) is 0 Å². The molecule has 1 rings (SSSR count). The molecule has 7 heteroatoms. The van der Waals surface area contributed by atoms with Crippen LogP contribution in [0.25, 0.3) is 0 Å². The van der Waals surface area contributed by atoms with Gasteiger partial charge in [0.2, 0.25) is 0 Å². The van der Waals surface area contributed by atoms with Gasteiger partial charge in [0, 0.05) is 34.3 Å². The maximum absolute atomic E-state index is 5.83. The SMILES string of the molecule is COC[C@H]1O[C@@H](OCCCl)[C@@H](OC)[C@@H](OC)[C@@H]1OC. The van der Waals surface area contributed by atoms with Gasteiger partial charge < -0.3 is 28.4 Å². The van der Waals surface area contributed by atoms with Crippen LogP contribution in [0.3, 0.4) is 0 Å². The molecule has 6 nitrogen and oxygen atoms in total. The molecule has 1 aliphatic rings. The molecular formula is C12H23ClO6. The Morgan fingerprint density at radius 2 is 1.58 bits per heavy atom. The van der Waals surface area contributed by atoms with E-state index in [1.807, 2.05) is 0 Å². The van der Waals surface area contributed by atoms with Crippen LogP contribution in [0.2, 0.25) is 0 Å². The van der Waals surface area contributed by atoms with Crippen LogP contribution >= 0.6 is 11.6 Å². The summed E-state index contributed by atoms with van der Waals surface area (Å²) in [6.45, 7) is 0.759. The first-order valence-electron chi connectivity index (χ1n) is 6.13. The number of alkyl halides is 1. The normalized spacial score (nSPS) is 35.5. The van der Waals surface area contributed by atoms with Crippen LogP contribution in [0.1, 0.15) is 0 Å². The zero-order valence-electron chi connectivity index (χ0n) is 11.8. The van der Waals surface area contributed by atoms with Crippen molar-refractivity contribution in [2.75, 3.05) is 47.5 Å². The van der Waals surface area contributed by atoms with E-state index in [1.54, 1.807) is 28.4 Å². The molecule has 0 unspecified atom stereocenters. The van der Waals surface area contributed by atoms with Gasteiger partial charge in [-0.3, -0.25) is 0 Å². The average molecular weight is 299 g/mol. The summed E-state index contributed by atoms with van der Waals surface area (Å²) >= 11 is 5.63. The summed E-state index contributed by atoms with van der Waals surface area (Å²) in [4.78, 5) is 0. The van der Waals surface area contributed by atoms with Crippen molar-refractivity contribution in [3.63, 3.8) is 0 Å². The highest BCUT2D eigenvalue weighted by molar-refractivity contribution is 6.17. The van der Waals surface area contributed by atoms with Crippen molar-refractivity contribution in [3.8, 4) is 0 Å². The molecule has 0 spiro atoms. The lowest BCUT2D eigenvalue weighted by Crippen LogP contribution is -2.61. The molecule has 0 aromatic rings. The summed E-state index contributed by atoms with van der Waals surface area (Å²) in [5.41, 5.74) is 0. The smallest absolute Gasteiger partial charge is 0.186 e. The van der Waals surface area contributed by atoms with Gasteiger partial charge in [-0.05, 0) is 0 Å². The van der Waals surface area contributed by atoms with Crippen molar-refractivity contribution < 1.29 is 28.4 Å². The molecule has 1 fully saturated rings. The van der Waals surface area contributed by atoms with E-state index in [9.17, 15) is 0 Å². The highest BCUT2D eigenvalue weighted by atomic mass is 35.5. The van der Waals surface area contributed by atoms with Crippen LogP contribution in [-0.4, -0.2) is 78.2 Å². The summed E-state index contributed by atoms with van der Waals surface area (Å²) in [7, 11) is 6.40. The minimum atomic E-state index is -0.555. The van der Waals surface area contributed by atoms with E-state index in [4.69, 9.17) is 40.0 Å². The number of ether oxygens (including phenoxy) is 6. The van der Waals surface area contributed by atoms with Gasteiger partial charge in [0.25, 0.3) is 0 Å². The lowest BCUT2D eigenvalue weighted by molar-refractivity contribution is -0.312. The Labute approximate surface area is 119 Å². The summed E-state index contributed by atoms with van der Waals surface area (Å²) in [6, 6.07) is 0. The predicted molar refractivity (Wildman–Crippen MR) is 69.6 cm³/mol. The first-order valence-corrected chi connectivity index (χ1v) is 6.67. The second-order valence-corrected chi connectivity index (χ2v) is 4.54. The minimum Gasteiger partial charge on any atom is -0.382 e. The van der Waals surface area contributed by atoms with Crippen LogP contribution in [-0.2, 0) is 28.4 Å². The van der Waals surface area contributed by atoms with Crippen molar-refractivity contribution >= 4 is 11.6 Å². The molecule has 1 heterocycles. The largest absolute Gasteiger partial charge is 0.382 e. The van der Waals surface area contributed by atoms with Crippen molar-refractivity contribution in [3.05, 3.63) is 0 Å². The summed E-state index contributed by atoms with van der Waals surface area (Å²) in [5, 5.41) is 0. The molecule has 0 amide bonds. The second-order valence-electron chi connectivity index (χ2n) is 4.16. The van der Waals surface area contributed by atoms with Gasteiger partial charge >= 0.3 is 0 Å². The number of rotatable bonds is 8. The zero-order chi connectivity index (χ0) is 14.3. The fourth-order valence-electron chi connectivity index (χ4n) is 2.27. The van der Waals surface area contributed by atoms with Crippen LogP contribution < -0.4 is 0 Å². The van der Waals surface area contributed by atoms with Crippen molar-refractivity contribution in [2.45, 2.75) is 30.7 Å². The lowest BCUT2D eigenvalue weighted by Gasteiger charge is -2.44. The van der Waals surface area contributed by atoms with E-state index in [0.717, 1.165) is 0 Å². The summed E-state index contributed by atoms with van der Waals surface area (Å²) in [5.74, 6) is 0.386. The van der Waals surface area contributed by atoms with E-state index in [0.29, 0.717) is 19.1 Å². The van der Waals surface area contributed by atoms with E-state index >= 15 is 0 Å². The Bertz CT molecular complexity index is 242. The molecule has 0 saturated carbocycles. The summed E-state index contributed by atoms with van der Waals surface area (Å²) in [6.07, 6.45) is -1.81. The van der Waals surface area contributed by atoms with Crippen LogP contribution in [0.15, 0.2) is 0 Å².